The highest BCUT2D eigenvalue weighted by Gasteiger charge is 2.25. The van der Waals surface area contributed by atoms with Gasteiger partial charge < -0.3 is 9.47 Å². The van der Waals surface area contributed by atoms with Gasteiger partial charge in [0, 0.05) is 43.0 Å². The summed E-state index contributed by atoms with van der Waals surface area (Å²) in [5, 5.41) is 1.08. The highest BCUT2D eigenvalue weighted by Crippen LogP contribution is 2.32. The van der Waals surface area contributed by atoms with E-state index in [1.807, 2.05) is 0 Å². The van der Waals surface area contributed by atoms with Crippen LogP contribution in [0.2, 0.25) is 0 Å². The first-order chi connectivity index (χ1) is 12.2. The Morgan fingerprint density at radius 2 is 1.92 bits per heavy atom. The summed E-state index contributed by atoms with van der Waals surface area (Å²) in [5.41, 5.74) is 2.39. The second-order valence-corrected chi connectivity index (χ2v) is 7.78. The number of fused-ring (bicyclic) bond motifs is 1. The lowest BCUT2D eigenvalue weighted by atomic mass is 10.0. The van der Waals surface area contributed by atoms with Gasteiger partial charge in [-0.05, 0) is 25.0 Å². The molecule has 4 rings (SSSR count). The van der Waals surface area contributed by atoms with E-state index >= 15 is 0 Å². The third-order valence-corrected chi connectivity index (χ3v) is 5.82. The van der Waals surface area contributed by atoms with Crippen LogP contribution in [0.5, 0.6) is 0 Å². The fourth-order valence-corrected chi connectivity index (χ4v) is 4.52. The van der Waals surface area contributed by atoms with Gasteiger partial charge in [0.2, 0.25) is 5.13 Å². The molecule has 1 saturated heterocycles. The number of imidazole rings is 1. The molecule has 1 aliphatic rings. The quantitative estimate of drug-likeness (QED) is 0.695. The van der Waals surface area contributed by atoms with Gasteiger partial charge in [-0.2, -0.15) is 4.37 Å². The Bertz CT molecular complexity index is 858. The molecule has 1 aliphatic heterocycles. The Balaban J connectivity index is 1.54. The van der Waals surface area contributed by atoms with Crippen molar-refractivity contribution in [1.82, 2.24) is 18.9 Å². The Kier molecular flexibility index (Phi) is 4.46. The van der Waals surface area contributed by atoms with Crippen molar-refractivity contribution in [3.05, 3.63) is 35.9 Å². The van der Waals surface area contributed by atoms with E-state index in [2.05, 4.69) is 58.9 Å². The molecular formula is C19H25N5S. The van der Waals surface area contributed by atoms with E-state index in [1.54, 1.807) is 0 Å². The van der Waals surface area contributed by atoms with Gasteiger partial charge in [-0.3, -0.25) is 0 Å². The van der Waals surface area contributed by atoms with Crippen LogP contribution < -0.4 is 4.90 Å². The normalized spacial score (nSPS) is 16.2. The van der Waals surface area contributed by atoms with Crippen LogP contribution in [-0.2, 0) is 6.42 Å². The molecule has 0 spiro atoms. The van der Waals surface area contributed by atoms with Crippen molar-refractivity contribution in [1.29, 1.82) is 0 Å². The van der Waals surface area contributed by atoms with E-state index in [-0.39, 0.29) is 0 Å². The van der Waals surface area contributed by atoms with Crippen LogP contribution in [0.4, 0.5) is 5.13 Å². The Labute approximate surface area is 152 Å². The van der Waals surface area contributed by atoms with Crippen molar-refractivity contribution in [3.63, 3.8) is 0 Å². The standard InChI is InChI=1S/C19H25N5S/c1-4-17-20-15-7-5-6-8-16(15)24(17)14-9-11-23(12-10-14)19-21-18(13(2)3)22-25-19/h5-8,13-14H,4,9-12H2,1-3H3. The molecular weight excluding hydrogens is 330 g/mol. The second kappa shape index (κ2) is 6.75. The third kappa shape index (κ3) is 3.03. The maximum absolute atomic E-state index is 4.84. The Morgan fingerprint density at radius 3 is 2.60 bits per heavy atom. The molecule has 0 atom stereocenters. The number of hydrogen-bond acceptors (Lipinski definition) is 5. The highest BCUT2D eigenvalue weighted by atomic mass is 32.1. The number of benzene rings is 1. The summed E-state index contributed by atoms with van der Waals surface area (Å²) in [5.74, 6) is 2.57. The summed E-state index contributed by atoms with van der Waals surface area (Å²) in [6.45, 7) is 8.56. The predicted octanol–water partition coefficient (Wildman–Crippen LogP) is 4.42. The van der Waals surface area contributed by atoms with Crippen molar-refractivity contribution in [2.45, 2.75) is 52.0 Å². The smallest absolute Gasteiger partial charge is 0.205 e. The van der Waals surface area contributed by atoms with Gasteiger partial charge >= 0.3 is 0 Å². The van der Waals surface area contributed by atoms with Gasteiger partial charge in [-0.25, -0.2) is 9.97 Å². The molecule has 0 saturated carbocycles. The summed E-state index contributed by atoms with van der Waals surface area (Å²) in [4.78, 5) is 11.9. The lowest BCUT2D eigenvalue weighted by molar-refractivity contribution is 0.395. The maximum atomic E-state index is 4.84. The molecule has 0 amide bonds. The predicted molar refractivity (Wildman–Crippen MR) is 104 cm³/mol. The van der Waals surface area contributed by atoms with E-state index in [0.29, 0.717) is 12.0 Å². The van der Waals surface area contributed by atoms with Crippen LogP contribution in [0.25, 0.3) is 11.0 Å². The van der Waals surface area contributed by atoms with Crippen LogP contribution in [0, 0.1) is 0 Å². The van der Waals surface area contributed by atoms with Crippen LogP contribution in [-0.4, -0.2) is 32.0 Å². The zero-order chi connectivity index (χ0) is 17.4. The average molecular weight is 356 g/mol. The molecule has 2 aromatic heterocycles. The Morgan fingerprint density at radius 1 is 1.16 bits per heavy atom. The van der Waals surface area contributed by atoms with Gasteiger partial charge in [0.25, 0.3) is 0 Å². The molecule has 25 heavy (non-hydrogen) atoms. The molecule has 1 aromatic carbocycles. The number of hydrogen-bond donors (Lipinski definition) is 0. The van der Waals surface area contributed by atoms with Crippen molar-refractivity contribution in [2.75, 3.05) is 18.0 Å². The van der Waals surface area contributed by atoms with Crippen molar-refractivity contribution in [3.8, 4) is 0 Å². The van der Waals surface area contributed by atoms with Crippen LogP contribution in [0.1, 0.15) is 57.2 Å². The molecule has 6 heteroatoms. The van der Waals surface area contributed by atoms with Gasteiger partial charge in [0.05, 0.1) is 11.0 Å². The Hall–Kier alpha value is -1.95. The topological polar surface area (TPSA) is 46.8 Å². The molecule has 132 valence electrons. The summed E-state index contributed by atoms with van der Waals surface area (Å²) < 4.78 is 6.98. The molecule has 0 unspecified atom stereocenters. The number of aryl methyl sites for hydroxylation is 1. The minimum Gasteiger partial charge on any atom is -0.347 e. The number of rotatable bonds is 4. The monoisotopic (exact) mass is 355 g/mol. The molecule has 3 aromatic rings. The second-order valence-electron chi connectivity index (χ2n) is 7.05. The SMILES string of the molecule is CCc1nc2ccccc2n1C1CCN(c2nc(C(C)C)ns2)CC1. The first kappa shape index (κ1) is 16.5. The summed E-state index contributed by atoms with van der Waals surface area (Å²) in [6, 6.07) is 9.03. The fraction of sp³-hybridized carbons (Fsp3) is 0.526. The van der Waals surface area contributed by atoms with E-state index in [9.17, 15) is 0 Å². The van der Waals surface area contributed by atoms with Crippen molar-refractivity contribution < 1.29 is 0 Å². The molecule has 0 bridgehead atoms. The largest absolute Gasteiger partial charge is 0.347 e. The van der Waals surface area contributed by atoms with Crippen LogP contribution in [0.3, 0.4) is 0 Å². The van der Waals surface area contributed by atoms with Gasteiger partial charge in [-0.15, -0.1) is 0 Å². The van der Waals surface area contributed by atoms with Crippen molar-refractivity contribution >= 4 is 27.7 Å². The average Bonchev–Trinajstić information content (AvgIpc) is 3.26. The minimum atomic E-state index is 0.395. The zero-order valence-corrected chi connectivity index (χ0v) is 16.0. The van der Waals surface area contributed by atoms with Crippen molar-refractivity contribution in [2.24, 2.45) is 0 Å². The highest BCUT2D eigenvalue weighted by molar-refractivity contribution is 7.09. The molecule has 5 nitrogen and oxygen atoms in total. The number of aromatic nitrogens is 4. The maximum Gasteiger partial charge on any atom is 0.205 e. The molecule has 3 heterocycles. The molecule has 1 fully saturated rings. The number of para-hydroxylation sites is 2. The van der Waals surface area contributed by atoms with Crippen LogP contribution in [0.15, 0.2) is 24.3 Å². The third-order valence-electron chi connectivity index (χ3n) is 5.03. The zero-order valence-electron chi connectivity index (χ0n) is 15.1. The number of piperidine rings is 1. The lowest BCUT2D eigenvalue weighted by Crippen LogP contribution is -2.35. The summed E-state index contributed by atoms with van der Waals surface area (Å²) >= 11 is 1.54. The number of nitrogens with zero attached hydrogens (tertiary/aromatic N) is 5. The van der Waals surface area contributed by atoms with Gasteiger partial charge in [0.15, 0.2) is 0 Å². The first-order valence-corrected chi connectivity index (χ1v) is 9.99. The molecule has 0 radical (unpaired) electrons. The summed E-state index contributed by atoms with van der Waals surface area (Å²) in [7, 11) is 0. The fourth-order valence-electron chi connectivity index (χ4n) is 3.66. The van der Waals surface area contributed by atoms with Gasteiger partial charge in [-0.1, -0.05) is 32.9 Å². The minimum absolute atomic E-state index is 0.395. The first-order valence-electron chi connectivity index (χ1n) is 9.21. The van der Waals surface area contributed by atoms with Gasteiger partial charge in [0.1, 0.15) is 11.6 Å². The lowest BCUT2D eigenvalue weighted by Gasteiger charge is -2.33. The van der Waals surface area contributed by atoms with E-state index in [4.69, 9.17) is 9.97 Å². The van der Waals surface area contributed by atoms with Crippen LogP contribution >= 0.6 is 11.5 Å². The summed E-state index contributed by atoms with van der Waals surface area (Å²) in [6.07, 6.45) is 3.23. The molecule has 0 N–H and O–H groups in total. The molecule has 0 aliphatic carbocycles. The van der Waals surface area contributed by atoms with E-state index in [1.165, 1.54) is 22.9 Å². The van der Waals surface area contributed by atoms with E-state index in [0.717, 1.165) is 48.8 Å². The number of anilines is 1. The van der Waals surface area contributed by atoms with E-state index < -0.39 is 0 Å².